The van der Waals surface area contributed by atoms with E-state index in [2.05, 4.69) is 0 Å². The summed E-state index contributed by atoms with van der Waals surface area (Å²) < 4.78 is 29.1. The van der Waals surface area contributed by atoms with E-state index in [1.165, 1.54) is 21.0 Å². The number of carbonyl (C=O) groups is 2. The van der Waals surface area contributed by atoms with E-state index < -0.39 is 10.2 Å². The lowest BCUT2D eigenvalue weighted by Crippen LogP contribution is -2.54. The molecule has 3 rings (SSSR count). The zero-order chi connectivity index (χ0) is 22.4. The highest BCUT2D eigenvalue weighted by atomic mass is 32.2. The fourth-order valence-corrected chi connectivity index (χ4v) is 6.46. The second-order valence-electron chi connectivity index (χ2n) is 8.09. The van der Waals surface area contributed by atoms with Crippen molar-refractivity contribution in [2.24, 2.45) is 0 Å². The Morgan fingerprint density at radius 1 is 0.903 bits per heavy atom. The van der Waals surface area contributed by atoms with Crippen LogP contribution in [0.1, 0.15) is 36.0 Å². The minimum absolute atomic E-state index is 0.0143. The van der Waals surface area contributed by atoms with Crippen LogP contribution in [0, 0.1) is 0 Å². The van der Waals surface area contributed by atoms with Crippen molar-refractivity contribution in [3.63, 3.8) is 0 Å². The standard InChI is InChI=1S/C21H32N4O4S2/c1-22(2)20(26)17-30-19-10-6-5-9-18(19)21(27)23-13-15-25(16-14-23)31(28,29)24-11-7-3-4-8-12-24/h5-6,9-10H,3-4,7-8,11-17H2,1-2H3. The van der Waals surface area contributed by atoms with E-state index in [1.807, 2.05) is 18.2 Å². The van der Waals surface area contributed by atoms with Crippen molar-refractivity contribution in [1.29, 1.82) is 0 Å². The molecular weight excluding hydrogens is 436 g/mol. The fraction of sp³-hybridized carbons (Fsp3) is 0.619. The van der Waals surface area contributed by atoms with Gasteiger partial charge in [-0.2, -0.15) is 17.0 Å². The maximum atomic E-state index is 13.1. The lowest BCUT2D eigenvalue weighted by molar-refractivity contribution is -0.125. The molecule has 0 spiro atoms. The highest BCUT2D eigenvalue weighted by molar-refractivity contribution is 8.00. The Morgan fingerprint density at radius 3 is 2.10 bits per heavy atom. The number of rotatable bonds is 6. The van der Waals surface area contributed by atoms with Gasteiger partial charge < -0.3 is 9.80 Å². The summed E-state index contributed by atoms with van der Waals surface area (Å²) in [5, 5.41) is 0. The van der Waals surface area contributed by atoms with Crippen molar-refractivity contribution in [2.45, 2.75) is 30.6 Å². The lowest BCUT2D eigenvalue weighted by Gasteiger charge is -2.36. The van der Waals surface area contributed by atoms with E-state index >= 15 is 0 Å². The highest BCUT2D eigenvalue weighted by Gasteiger charge is 2.34. The van der Waals surface area contributed by atoms with Gasteiger partial charge in [0.05, 0.1) is 11.3 Å². The molecule has 2 amide bonds. The van der Waals surface area contributed by atoms with Crippen molar-refractivity contribution in [3.05, 3.63) is 29.8 Å². The molecule has 0 radical (unpaired) electrons. The van der Waals surface area contributed by atoms with Crippen LogP contribution in [0.2, 0.25) is 0 Å². The van der Waals surface area contributed by atoms with Crippen LogP contribution in [0.4, 0.5) is 0 Å². The zero-order valence-electron chi connectivity index (χ0n) is 18.3. The summed E-state index contributed by atoms with van der Waals surface area (Å²) in [6.07, 6.45) is 3.96. The van der Waals surface area contributed by atoms with Crippen LogP contribution in [-0.4, -0.2) is 97.8 Å². The number of nitrogens with zero attached hydrogens (tertiary/aromatic N) is 4. The van der Waals surface area contributed by atoms with Gasteiger partial charge in [0, 0.05) is 58.3 Å². The first-order valence-electron chi connectivity index (χ1n) is 10.8. The molecule has 0 aliphatic carbocycles. The first-order valence-corrected chi connectivity index (χ1v) is 13.2. The van der Waals surface area contributed by atoms with Gasteiger partial charge >= 0.3 is 0 Å². The molecular formula is C21H32N4O4S2. The summed E-state index contributed by atoms with van der Waals surface area (Å²) in [5.74, 6) is 0.130. The van der Waals surface area contributed by atoms with Gasteiger partial charge in [-0.15, -0.1) is 11.8 Å². The van der Waals surface area contributed by atoms with Crippen LogP contribution in [0.3, 0.4) is 0 Å². The maximum Gasteiger partial charge on any atom is 0.282 e. The first-order chi connectivity index (χ1) is 14.8. The lowest BCUT2D eigenvalue weighted by atomic mass is 10.2. The smallest absolute Gasteiger partial charge is 0.282 e. The van der Waals surface area contributed by atoms with E-state index in [-0.39, 0.29) is 17.6 Å². The number of carbonyl (C=O) groups excluding carboxylic acids is 2. The second kappa shape index (κ2) is 10.8. The molecule has 0 saturated carbocycles. The van der Waals surface area contributed by atoms with Crippen molar-refractivity contribution in [3.8, 4) is 0 Å². The minimum atomic E-state index is -3.47. The predicted molar refractivity (Wildman–Crippen MR) is 122 cm³/mol. The number of hydrogen-bond donors (Lipinski definition) is 0. The molecule has 1 aromatic carbocycles. The minimum Gasteiger partial charge on any atom is -0.348 e. The van der Waals surface area contributed by atoms with Gasteiger partial charge in [-0.25, -0.2) is 0 Å². The predicted octanol–water partition coefficient (Wildman–Crippen LogP) is 1.75. The Morgan fingerprint density at radius 2 is 1.48 bits per heavy atom. The molecule has 0 N–H and O–H groups in total. The summed E-state index contributed by atoms with van der Waals surface area (Å²) in [6.45, 7) is 2.50. The van der Waals surface area contributed by atoms with Crippen LogP contribution in [0.25, 0.3) is 0 Å². The number of hydrogen-bond acceptors (Lipinski definition) is 5. The monoisotopic (exact) mass is 468 g/mol. The molecule has 10 heteroatoms. The van der Waals surface area contributed by atoms with E-state index in [9.17, 15) is 18.0 Å². The molecule has 0 atom stereocenters. The zero-order valence-corrected chi connectivity index (χ0v) is 20.0. The Hall–Kier alpha value is -1.62. The fourth-order valence-electron chi connectivity index (χ4n) is 3.77. The third-order valence-corrected chi connectivity index (χ3v) is 8.80. The highest BCUT2D eigenvalue weighted by Crippen LogP contribution is 2.25. The van der Waals surface area contributed by atoms with Gasteiger partial charge in [0.15, 0.2) is 0 Å². The third kappa shape index (κ3) is 6.00. The molecule has 2 aliphatic heterocycles. The van der Waals surface area contributed by atoms with Crippen LogP contribution >= 0.6 is 11.8 Å². The molecule has 2 fully saturated rings. The van der Waals surface area contributed by atoms with E-state index in [0.717, 1.165) is 30.6 Å². The summed E-state index contributed by atoms with van der Waals surface area (Å²) in [6, 6.07) is 7.28. The van der Waals surface area contributed by atoms with Crippen molar-refractivity contribution < 1.29 is 18.0 Å². The Balaban J connectivity index is 1.62. The molecule has 31 heavy (non-hydrogen) atoms. The molecule has 0 unspecified atom stereocenters. The van der Waals surface area contributed by atoms with Crippen molar-refractivity contribution in [1.82, 2.24) is 18.4 Å². The Kier molecular flexibility index (Phi) is 8.37. The SMILES string of the molecule is CN(C)C(=O)CSc1ccccc1C(=O)N1CCN(S(=O)(=O)N2CCCCCC2)CC1. The van der Waals surface area contributed by atoms with Gasteiger partial charge in [0.2, 0.25) is 5.91 Å². The maximum absolute atomic E-state index is 13.1. The average Bonchev–Trinajstić information content (AvgIpc) is 3.07. The molecule has 0 bridgehead atoms. The number of piperazine rings is 1. The topological polar surface area (TPSA) is 81.2 Å². The molecule has 2 saturated heterocycles. The molecule has 1 aromatic rings. The summed E-state index contributed by atoms with van der Waals surface area (Å²) in [7, 11) is -0.0593. The van der Waals surface area contributed by atoms with Crippen LogP contribution < -0.4 is 0 Å². The van der Waals surface area contributed by atoms with Crippen LogP contribution in [0.15, 0.2) is 29.2 Å². The summed E-state index contributed by atoms with van der Waals surface area (Å²) in [4.78, 5) is 29.1. The first kappa shape index (κ1) is 24.0. The van der Waals surface area contributed by atoms with E-state index in [1.54, 1.807) is 29.4 Å². The van der Waals surface area contributed by atoms with Gasteiger partial charge in [-0.05, 0) is 25.0 Å². The van der Waals surface area contributed by atoms with Crippen molar-refractivity contribution >= 4 is 33.8 Å². The van der Waals surface area contributed by atoms with Gasteiger partial charge in [0.1, 0.15) is 0 Å². The van der Waals surface area contributed by atoms with Gasteiger partial charge in [-0.3, -0.25) is 9.59 Å². The van der Waals surface area contributed by atoms with Crippen LogP contribution in [0.5, 0.6) is 0 Å². The third-order valence-electron chi connectivity index (χ3n) is 5.71. The number of thioether (sulfide) groups is 1. The van der Waals surface area contributed by atoms with Crippen molar-refractivity contribution in [2.75, 3.05) is 59.1 Å². The van der Waals surface area contributed by atoms with E-state index in [4.69, 9.17) is 0 Å². The largest absolute Gasteiger partial charge is 0.348 e. The van der Waals surface area contributed by atoms with E-state index in [0.29, 0.717) is 44.8 Å². The average molecular weight is 469 g/mol. The molecule has 8 nitrogen and oxygen atoms in total. The normalized spacial score (nSPS) is 19.1. The number of benzene rings is 1. The molecule has 2 heterocycles. The Bertz CT molecular complexity index is 875. The molecule has 0 aromatic heterocycles. The summed E-state index contributed by atoms with van der Waals surface area (Å²) in [5.41, 5.74) is 0.558. The number of amides is 2. The molecule has 2 aliphatic rings. The van der Waals surface area contributed by atoms with Gasteiger partial charge in [-0.1, -0.05) is 25.0 Å². The quantitative estimate of drug-likeness (QED) is 0.594. The summed E-state index contributed by atoms with van der Waals surface area (Å²) >= 11 is 1.35. The Labute approximate surface area is 189 Å². The second-order valence-corrected chi connectivity index (χ2v) is 11.0. The molecule has 172 valence electrons. The van der Waals surface area contributed by atoms with Crippen LogP contribution in [-0.2, 0) is 15.0 Å². The van der Waals surface area contributed by atoms with Gasteiger partial charge in [0.25, 0.3) is 16.1 Å².